The number of imidazole rings is 1. The molecule has 0 amide bonds. The van der Waals surface area contributed by atoms with Gasteiger partial charge in [0.05, 0.1) is 21.4 Å². The average molecular weight is 396 g/mol. The highest BCUT2D eigenvalue weighted by Gasteiger charge is 2.20. The summed E-state index contributed by atoms with van der Waals surface area (Å²) in [6.07, 6.45) is 4.02. The maximum atomic E-state index is 6.32. The number of nitrogens with zero attached hydrogens (tertiary/aromatic N) is 4. The van der Waals surface area contributed by atoms with E-state index in [1.165, 1.54) is 0 Å². The third-order valence-corrected chi connectivity index (χ3v) is 5.33. The number of hydrogen-bond donors (Lipinski definition) is 0. The number of anilines is 1. The Hall–Kier alpha value is -1.46. The Labute approximate surface area is 161 Å². The molecule has 4 rings (SSSR count). The maximum Gasteiger partial charge on any atom is 0.155 e. The number of rotatable bonds is 3. The second-order valence-corrected chi connectivity index (χ2v) is 7.43. The van der Waals surface area contributed by atoms with Crippen LogP contribution >= 0.6 is 34.8 Å². The fourth-order valence-electron chi connectivity index (χ4n) is 3.22. The zero-order valence-electron chi connectivity index (χ0n) is 13.5. The molecule has 0 atom stereocenters. The van der Waals surface area contributed by atoms with E-state index in [9.17, 15) is 0 Å². The molecule has 1 aliphatic heterocycles. The highest BCUT2D eigenvalue weighted by atomic mass is 35.5. The van der Waals surface area contributed by atoms with E-state index in [-0.39, 0.29) is 0 Å². The third kappa shape index (κ3) is 3.58. The van der Waals surface area contributed by atoms with Crippen molar-refractivity contribution < 1.29 is 0 Å². The molecular weight excluding hydrogens is 379 g/mol. The summed E-state index contributed by atoms with van der Waals surface area (Å²) in [5.41, 5.74) is 2.89. The van der Waals surface area contributed by atoms with E-state index in [0.717, 1.165) is 49.8 Å². The summed E-state index contributed by atoms with van der Waals surface area (Å²) in [7, 11) is 0. The first-order chi connectivity index (χ1) is 12.1. The van der Waals surface area contributed by atoms with Crippen LogP contribution in [0.4, 0.5) is 5.69 Å². The molecule has 3 heterocycles. The molecule has 0 radical (unpaired) electrons. The molecule has 3 aromatic rings. The van der Waals surface area contributed by atoms with Gasteiger partial charge in [0.2, 0.25) is 0 Å². The maximum absolute atomic E-state index is 6.32. The Bertz CT molecular complexity index is 900. The van der Waals surface area contributed by atoms with Crippen LogP contribution in [0.15, 0.2) is 42.7 Å². The molecule has 0 bridgehead atoms. The molecule has 0 spiro atoms. The largest absolute Gasteiger partial charge is 0.368 e. The Morgan fingerprint density at radius 3 is 2.48 bits per heavy atom. The summed E-state index contributed by atoms with van der Waals surface area (Å²) in [5, 5.41) is 2.05. The molecule has 0 N–H and O–H groups in total. The third-order valence-electron chi connectivity index (χ3n) is 4.49. The van der Waals surface area contributed by atoms with Crippen molar-refractivity contribution in [1.82, 2.24) is 14.3 Å². The number of benzene rings is 1. The topological polar surface area (TPSA) is 23.8 Å². The Morgan fingerprint density at radius 2 is 1.76 bits per heavy atom. The summed E-state index contributed by atoms with van der Waals surface area (Å²) in [6, 6.07) is 9.46. The molecule has 1 saturated heterocycles. The quantitative estimate of drug-likeness (QED) is 0.647. The van der Waals surface area contributed by atoms with Gasteiger partial charge in [-0.25, -0.2) is 4.98 Å². The Balaban J connectivity index is 1.42. The van der Waals surface area contributed by atoms with Gasteiger partial charge < -0.3 is 9.30 Å². The van der Waals surface area contributed by atoms with Crippen LogP contribution in [-0.4, -0.2) is 40.5 Å². The van der Waals surface area contributed by atoms with Gasteiger partial charge >= 0.3 is 0 Å². The fourth-order valence-corrected chi connectivity index (χ4v) is 3.96. The van der Waals surface area contributed by atoms with Crippen molar-refractivity contribution in [3.8, 4) is 0 Å². The van der Waals surface area contributed by atoms with Crippen molar-refractivity contribution in [3.63, 3.8) is 0 Å². The number of piperazine rings is 1. The molecule has 1 fully saturated rings. The normalized spacial score (nSPS) is 15.9. The van der Waals surface area contributed by atoms with Crippen LogP contribution < -0.4 is 4.90 Å². The smallest absolute Gasteiger partial charge is 0.155 e. The minimum Gasteiger partial charge on any atom is -0.368 e. The van der Waals surface area contributed by atoms with Crippen molar-refractivity contribution >= 4 is 46.1 Å². The first-order valence-corrected chi connectivity index (χ1v) is 9.28. The van der Waals surface area contributed by atoms with Crippen molar-refractivity contribution in [2.45, 2.75) is 6.54 Å². The van der Waals surface area contributed by atoms with Crippen molar-refractivity contribution in [2.75, 3.05) is 31.1 Å². The predicted octanol–water partition coefficient (Wildman–Crippen LogP) is 4.62. The Morgan fingerprint density at radius 1 is 0.960 bits per heavy atom. The molecule has 1 aliphatic rings. The van der Waals surface area contributed by atoms with E-state index < -0.39 is 0 Å². The summed E-state index contributed by atoms with van der Waals surface area (Å²) in [5.74, 6) is 0. The SMILES string of the molecule is Clc1ccc(N2CCN(Cc3cn4cccc(Cl)c4n3)CC2)c(Cl)c1. The highest BCUT2D eigenvalue weighted by Crippen LogP contribution is 2.29. The van der Waals surface area contributed by atoms with E-state index in [1.54, 1.807) is 6.07 Å². The number of aromatic nitrogens is 2. The average Bonchev–Trinajstić information content (AvgIpc) is 3.00. The zero-order valence-corrected chi connectivity index (χ0v) is 15.8. The molecule has 7 heteroatoms. The molecule has 0 aliphatic carbocycles. The van der Waals surface area contributed by atoms with Gasteiger partial charge in [-0.2, -0.15) is 0 Å². The van der Waals surface area contributed by atoms with Gasteiger partial charge in [-0.15, -0.1) is 0 Å². The van der Waals surface area contributed by atoms with E-state index in [1.807, 2.05) is 41.1 Å². The lowest BCUT2D eigenvalue weighted by molar-refractivity contribution is 0.247. The molecule has 1 aromatic carbocycles. The van der Waals surface area contributed by atoms with Crippen LogP contribution in [0.2, 0.25) is 15.1 Å². The Kier molecular flexibility index (Phi) is 4.78. The van der Waals surface area contributed by atoms with Gasteiger partial charge in [-0.05, 0) is 30.3 Å². The van der Waals surface area contributed by atoms with Gasteiger partial charge in [0.15, 0.2) is 5.65 Å². The summed E-state index contributed by atoms with van der Waals surface area (Å²) >= 11 is 18.5. The number of halogens is 3. The minimum absolute atomic E-state index is 0.665. The van der Waals surface area contributed by atoms with Gasteiger partial charge in [0, 0.05) is 50.1 Å². The van der Waals surface area contributed by atoms with Gasteiger partial charge in [0.25, 0.3) is 0 Å². The van der Waals surface area contributed by atoms with E-state index in [0.29, 0.717) is 15.1 Å². The van der Waals surface area contributed by atoms with Crippen LogP contribution in [0.25, 0.3) is 5.65 Å². The number of fused-ring (bicyclic) bond motifs is 1. The van der Waals surface area contributed by atoms with Gasteiger partial charge in [-0.1, -0.05) is 34.8 Å². The summed E-state index contributed by atoms with van der Waals surface area (Å²) in [4.78, 5) is 9.35. The van der Waals surface area contributed by atoms with Crippen LogP contribution in [-0.2, 0) is 6.54 Å². The van der Waals surface area contributed by atoms with Crippen LogP contribution in [0.3, 0.4) is 0 Å². The van der Waals surface area contributed by atoms with Crippen molar-refractivity contribution in [2.24, 2.45) is 0 Å². The monoisotopic (exact) mass is 394 g/mol. The van der Waals surface area contributed by atoms with Gasteiger partial charge in [-0.3, -0.25) is 4.90 Å². The number of hydrogen-bond acceptors (Lipinski definition) is 3. The van der Waals surface area contributed by atoms with Crippen molar-refractivity contribution in [1.29, 1.82) is 0 Å². The lowest BCUT2D eigenvalue weighted by Gasteiger charge is -2.36. The molecule has 25 heavy (non-hydrogen) atoms. The molecule has 130 valence electrons. The molecule has 0 unspecified atom stereocenters. The van der Waals surface area contributed by atoms with E-state index >= 15 is 0 Å². The molecule has 4 nitrogen and oxygen atoms in total. The molecule has 0 saturated carbocycles. The lowest BCUT2D eigenvalue weighted by Crippen LogP contribution is -2.46. The van der Waals surface area contributed by atoms with E-state index in [2.05, 4.69) is 14.8 Å². The second kappa shape index (κ2) is 7.04. The second-order valence-electron chi connectivity index (χ2n) is 6.18. The minimum atomic E-state index is 0.665. The standard InChI is InChI=1S/C18H17Cl3N4/c19-13-3-4-17(16(21)10-13)24-8-6-23(7-9-24)11-14-12-25-5-1-2-15(20)18(25)22-14/h1-5,10,12H,6-9,11H2. The predicted molar refractivity (Wildman–Crippen MR) is 104 cm³/mol. The summed E-state index contributed by atoms with van der Waals surface area (Å²) < 4.78 is 1.97. The van der Waals surface area contributed by atoms with E-state index in [4.69, 9.17) is 34.8 Å². The fraction of sp³-hybridized carbons (Fsp3) is 0.278. The van der Waals surface area contributed by atoms with Crippen LogP contribution in [0.1, 0.15) is 5.69 Å². The molecule has 2 aromatic heterocycles. The first-order valence-electron chi connectivity index (χ1n) is 8.14. The molecular formula is C18H17Cl3N4. The summed E-state index contributed by atoms with van der Waals surface area (Å²) in [6.45, 7) is 4.59. The number of pyridine rings is 1. The first kappa shape index (κ1) is 17.0. The highest BCUT2D eigenvalue weighted by molar-refractivity contribution is 6.36. The zero-order chi connectivity index (χ0) is 17.4. The van der Waals surface area contributed by atoms with Crippen LogP contribution in [0, 0.1) is 0 Å². The van der Waals surface area contributed by atoms with Crippen LogP contribution in [0.5, 0.6) is 0 Å². The lowest BCUT2D eigenvalue weighted by atomic mass is 10.2. The van der Waals surface area contributed by atoms with Gasteiger partial charge in [0.1, 0.15) is 0 Å². The van der Waals surface area contributed by atoms with Crippen molar-refractivity contribution in [3.05, 3.63) is 63.5 Å².